The van der Waals surface area contributed by atoms with Crippen molar-refractivity contribution >= 4 is 10.9 Å². The van der Waals surface area contributed by atoms with E-state index < -0.39 is 0 Å². The van der Waals surface area contributed by atoms with Crippen molar-refractivity contribution in [2.24, 2.45) is 0 Å². The number of aromatic hydroxyl groups is 2. The van der Waals surface area contributed by atoms with E-state index in [-0.39, 0.29) is 17.7 Å². The van der Waals surface area contributed by atoms with Crippen LogP contribution in [0, 0.1) is 0 Å². The molecule has 0 amide bonds. The third kappa shape index (κ3) is 0.816. The van der Waals surface area contributed by atoms with E-state index in [0.717, 1.165) is 5.39 Å². The highest BCUT2D eigenvalue weighted by Crippen LogP contribution is 2.28. The van der Waals surface area contributed by atoms with Crippen LogP contribution in [0.3, 0.4) is 0 Å². The molecule has 0 saturated heterocycles. The second-order valence-corrected chi connectivity index (χ2v) is 2.34. The third-order valence-electron chi connectivity index (χ3n) is 1.58. The molecule has 0 bridgehead atoms. The molecule has 0 atom stereocenters. The van der Waals surface area contributed by atoms with Crippen LogP contribution in [0.15, 0.2) is 24.4 Å². The maximum atomic E-state index is 9.10. The Hall–Kier alpha value is -1.64. The first-order chi connectivity index (χ1) is 5.66. The summed E-state index contributed by atoms with van der Waals surface area (Å²) in [7, 11) is 0. The van der Waals surface area contributed by atoms with Crippen molar-refractivity contribution in [2.45, 2.75) is 0 Å². The van der Waals surface area contributed by atoms with E-state index in [1.54, 1.807) is 6.07 Å². The first kappa shape index (κ1) is 5.07. The molecule has 0 aliphatic rings. The number of aromatic amines is 1. The van der Waals surface area contributed by atoms with Crippen LogP contribution in [0.1, 0.15) is 1.37 Å². The van der Waals surface area contributed by atoms with Gasteiger partial charge in [-0.05, 0) is 12.1 Å². The number of hydrogen-bond acceptors (Lipinski definition) is 2. The molecule has 0 aliphatic heterocycles. The van der Waals surface area contributed by atoms with E-state index in [0.29, 0.717) is 5.52 Å². The van der Waals surface area contributed by atoms with E-state index in [2.05, 4.69) is 4.98 Å². The Bertz CT molecular complexity index is 397. The average Bonchev–Trinajstić information content (AvgIpc) is 2.30. The largest absolute Gasteiger partial charge is 0.504 e. The molecule has 2 rings (SSSR count). The zero-order valence-electron chi connectivity index (χ0n) is 6.63. The first-order valence-electron chi connectivity index (χ1n) is 3.68. The molecule has 0 fully saturated rings. The fourth-order valence-electron chi connectivity index (χ4n) is 1.01. The smallest absolute Gasteiger partial charge is 0.159 e. The Morgan fingerprint density at radius 2 is 2.00 bits per heavy atom. The number of rotatable bonds is 0. The summed E-state index contributed by atoms with van der Waals surface area (Å²) in [6.07, 6.45) is 0.259. The Balaban J connectivity index is 2.83. The molecule has 3 heteroatoms. The number of aromatic nitrogens is 1. The molecule has 0 spiro atoms. The highest BCUT2D eigenvalue weighted by molar-refractivity contribution is 5.82. The third-order valence-corrected chi connectivity index (χ3v) is 1.58. The predicted octanol–water partition coefficient (Wildman–Crippen LogP) is 1.58. The van der Waals surface area contributed by atoms with Gasteiger partial charge in [0.2, 0.25) is 0 Å². The van der Waals surface area contributed by atoms with Gasteiger partial charge in [-0.2, -0.15) is 0 Å². The number of nitrogens with one attached hydrogen (secondary N) is 1. The monoisotopic (exact) mass is 150 g/mol. The maximum Gasteiger partial charge on any atom is 0.159 e. The van der Waals surface area contributed by atoms with Crippen molar-refractivity contribution in [3.8, 4) is 11.5 Å². The zero-order chi connectivity index (χ0) is 8.72. The SMILES string of the molecule is [2H]c1cc2cc(O)c(O)cc2[nH]1. The molecule has 1 aromatic carbocycles. The van der Waals surface area contributed by atoms with Gasteiger partial charge in [0, 0.05) is 23.1 Å². The van der Waals surface area contributed by atoms with Gasteiger partial charge in [-0.3, -0.25) is 0 Å². The van der Waals surface area contributed by atoms with Gasteiger partial charge in [0.1, 0.15) is 0 Å². The molecule has 0 saturated carbocycles. The van der Waals surface area contributed by atoms with Crippen LogP contribution in [-0.2, 0) is 0 Å². The van der Waals surface area contributed by atoms with E-state index in [4.69, 9.17) is 11.6 Å². The summed E-state index contributed by atoms with van der Waals surface area (Å²) in [6, 6.07) is 4.39. The first-order valence-corrected chi connectivity index (χ1v) is 3.18. The van der Waals surface area contributed by atoms with Crippen molar-refractivity contribution in [3.63, 3.8) is 0 Å². The van der Waals surface area contributed by atoms with E-state index >= 15 is 0 Å². The summed E-state index contributed by atoms with van der Waals surface area (Å²) in [5.41, 5.74) is 0.648. The Morgan fingerprint density at radius 3 is 2.82 bits per heavy atom. The average molecular weight is 150 g/mol. The maximum absolute atomic E-state index is 9.10. The molecule has 0 unspecified atom stereocenters. The van der Waals surface area contributed by atoms with Crippen LogP contribution in [0.5, 0.6) is 11.5 Å². The normalized spacial score (nSPS) is 11.8. The summed E-state index contributed by atoms with van der Waals surface area (Å²) in [5, 5.41) is 18.9. The van der Waals surface area contributed by atoms with Crippen LogP contribution in [-0.4, -0.2) is 15.2 Å². The summed E-state index contributed by atoms with van der Waals surface area (Å²) < 4.78 is 7.25. The predicted molar refractivity (Wildman–Crippen MR) is 41.6 cm³/mol. The van der Waals surface area contributed by atoms with Gasteiger partial charge in [0.05, 0.1) is 1.37 Å². The zero-order valence-corrected chi connectivity index (χ0v) is 5.63. The molecule has 56 valence electrons. The standard InChI is InChI=1S/C8H7NO2/c10-7-3-5-1-2-9-6(5)4-8(7)11/h1-4,9-11H/i2D. The van der Waals surface area contributed by atoms with Crippen molar-refractivity contribution in [1.82, 2.24) is 4.98 Å². The molecule has 3 nitrogen and oxygen atoms in total. The minimum Gasteiger partial charge on any atom is -0.504 e. The number of benzene rings is 1. The quantitative estimate of drug-likeness (QED) is 0.499. The second-order valence-electron chi connectivity index (χ2n) is 2.34. The summed E-state index contributed by atoms with van der Waals surface area (Å²) in [5.74, 6) is -0.342. The molecule has 11 heavy (non-hydrogen) atoms. The van der Waals surface area contributed by atoms with Crippen LogP contribution in [0.2, 0.25) is 0 Å². The lowest BCUT2D eigenvalue weighted by molar-refractivity contribution is 0.405. The lowest BCUT2D eigenvalue weighted by Crippen LogP contribution is -1.69. The van der Waals surface area contributed by atoms with Crippen LogP contribution >= 0.6 is 0 Å². The number of hydrogen-bond donors (Lipinski definition) is 3. The molecule has 1 aromatic heterocycles. The molecule has 1 heterocycles. The van der Waals surface area contributed by atoms with E-state index in [1.807, 2.05) is 0 Å². The van der Waals surface area contributed by atoms with Crippen molar-refractivity contribution in [1.29, 1.82) is 0 Å². The summed E-state index contributed by atoms with van der Waals surface area (Å²) in [4.78, 5) is 2.72. The van der Waals surface area contributed by atoms with Crippen molar-refractivity contribution in [3.05, 3.63) is 24.4 Å². The van der Waals surface area contributed by atoms with Gasteiger partial charge in [-0.25, -0.2) is 0 Å². The fraction of sp³-hybridized carbons (Fsp3) is 0. The molecular weight excluding hydrogens is 142 g/mol. The summed E-state index contributed by atoms with van der Waals surface area (Å²) >= 11 is 0. The van der Waals surface area contributed by atoms with Crippen molar-refractivity contribution < 1.29 is 11.6 Å². The van der Waals surface area contributed by atoms with Crippen LogP contribution < -0.4 is 0 Å². The summed E-state index contributed by atoms with van der Waals surface area (Å²) in [6.45, 7) is 0. The van der Waals surface area contributed by atoms with Gasteiger partial charge in [0.25, 0.3) is 0 Å². The number of fused-ring (bicyclic) bond motifs is 1. The van der Waals surface area contributed by atoms with Gasteiger partial charge in [-0.1, -0.05) is 0 Å². The Labute approximate surface area is 64.3 Å². The molecule has 2 aromatic rings. The minimum atomic E-state index is -0.177. The van der Waals surface area contributed by atoms with E-state index in [9.17, 15) is 0 Å². The highest BCUT2D eigenvalue weighted by atomic mass is 16.3. The van der Waals surface area contributed by atoms with Crippen molar-refractivity contribution in [2.75, 3.05) is 0 Å². The fourth-order valence-corrected chi connectivity index (χ4v) is 1.01. The van der Waals surface area contributed by atoms with Crippen LogP contribution in [0.25, 0.3) is 10.9 Å². The molecule has 0 radical (unpaired) electrons. The van der Waals surface area contributed by atoms with Gasteiger partial charge in [-0.15, -0.1) is 0 Å². The second kappa shape index (κ2) is 1.92. The number of phenols is 2. The molecular formula is C8H7NO2. The highest BCUT2D eigenvalue weighted by Gasteiger charge is 2.01. The minimum absolute atomic E-state index is 0.165. The van der Waals surface area contributed by atoms with E-state index in [1.165, 1.54) is 12.1 Å². The molecule has 3 N–H and O–H groups in total. The van der Waals surface area contributed by atoms with Gasteiger partial charge < -0.3 is 15.2 Å². The van der Waals surface area contributed by atoms with Gasteiger partial charge >= 0.3 is 0 Å². The lowest BCUT2D eigenvalue weighted by Gasteiger charge is -1.95. The molecule has 0 aliphatic carbocycles. The Kier molecular flexibility index (Phi) is 0.885. The Morgan fingerprint density at radius 1 is 1.27 bits per heavy atom. The lowest BCUT2D eigenvalue weighted by atomic mass is 10.2. The number of H-pyrrole nitrogens is 1. The van der Waals surface area contributed by atoms with Gasteiger partial charge in [0.15, 0.2) is 11.5 Å². The van der Waals surface area contributed by atoms with Crippen LogP contribution in [0.4, 0.5) is 0 Å². The number of phenolic OH excluding ortho intramolecular Hbond substituents is 2. The topological polar surface area (TPSA) is 56.2 Å².